The molecule has 1 atom stereocenters. The molecule has 0 aliphatic rings. The fourth-order valence-corrected chi connectivity index (χ4v) is 3.46. The summed E-state index contributed by atoms with van der Waals surface area (Å²) < 4.78 is 5.22. The molecule has 0 saturated carbocycles. The molecule has 2 aromatic rings. The van der Waals surface area contributed by atoms with Gasteiger partial charge in [-0.3, -0.25) is 4.79 Å². The molecule has 0 aliphatic heterocycles. The van der Waals surface area contributed by atoms with Crippen LogP contribution in [0, 0.1) is 6.92 Å². The number of carbonyl (C=O) groups is 2. The van der Waals surface area contributed by atoms with Crippen molar-refractivity contribution in [1.82, 2.24) is 5.32 Å². The molecule has 0 radical (unpaired) electrons. The van der Waals surface area contributed by atoms with E-state index in [0.29, 0.717) is 22.3 Å². The van der Waals surface area contributed by atoms with Gasteiger partial charge < -0.3 is 24.7 Å². The van der Waals surface area contributed by atoms with Gasteiger partial charge in [-0.05, 0) is 49.0 Å². The van der Waals surface area contributed by atoms with Crippen LogP contribution in [0.4, 0.5) is 0 Å². The van der Waals surface area contributed by atoms with Crippen molar-refractivity contribution in [3.8, 4) is 5.75 Å². The highest BCUT2D eigenvalue weighted by molar-refractivity contribution is 7.99. The topological polar surface area (TPSA) is 120 Å². The van der Waals surface area contributed by atoms with Gasteiger partial charge in [-0.2, -0.15) is 11.8 Å². The zero-order valence-electron chi connectivity index (χ0n) is 15.2. The average molecular weight is 392 g/mol. The quantitative estimate of drug-likeness (QED) is 0.485. The van der Waals surface area contributed by atoms with E-state index in [4.69, 9.17) is 4.42 Å². The van der Waals surface area contributed by atoms with Gasteiger partial charge in [0, 0.05) is 23.4 Å². The minimum absolute atomic E-state index is 0.00765. The SMILES string of the molecule is CCSCC[C@H](NC(=O)CCc1c(C)c2ccc(O)cc2oc1=O)C(=O)[O-]. The summed E-state index contributed by atoms with van der Waals surface area (Å²) in [7, 11) is 0. The standard InChI is InChI=1S/C19H23NO6S/c1-3-27-9-8-15(18(23)24)20-17(22)7-6-14-11(2)13-5-4-12(21)10-16(13)26-19(14)25/h4-5,10,15,21H,3,6-9H2,1-2H3,(H,20,22)(H,23,24)/p-1/t15-/m0/s1. The number of nitrogens with one attached hydrogen (secondary N) is 1. The van der Waals surface area contributed by atoms with Crippen LogP contribution in [0.5, 0.6) is 5.75 Å². The van der Waals surface area contributed by atoms with Crippen molar-refractivity contribution in [2.24, 2.45) is 0 Å². The third-order valence-corrected chi connectivity index (χ3v) is 5.18. The van der Waals surface area contributed by atoms with Gasteiger partial charge in [-0.1, -0.05) is 6.92 Å². The van der Waals surface area contributed by atoms with E-state index in [-0.39, 0.29) is 30.6 Å². The van der Waals surface area contributed by atoms with Crippen LogP contribution in [0.2, 0.25) is 0 Å². The Balaban J connectivity index is 2.07. The number of hydrogen-bond acceptors (Lipinski definition) is 7. The van der Waals surface area contributed by atoms with E-state index >= 15 is 0 Å². The fraction of sp³-hybridized carbons (Fsp3) is 0.421. The van der Waals surface area contributed by atoms with Gasteiger partial charge in [0.25, 0.3) is 0 Å². The molecule has 146 valence electrons. The predicted octanol–water partition coefficient (Wildman–Crippen LogP) is 1.12. The summed E-state index contributed by atoms with van der Waals surface area (Å²) in [6.07, 6.45) is 0.368. The van der Waals surface area contributed by atoms with E-state index in [1.54, 1.807) is 24.8 Å². The number of thioether (sulfide) groups is 1. The van der Waals surface area contributed by atoms with Gasteiger partial charge in [0.15, 0.2) is 0 Å². The number of phenols is 1. The predicted molar refractivity (Wildman–Crippen MR) is 102 cm³/mol. The Labute approximate surface area is 160 Å². The summed E-state index contributed by atoms with van der Waals surface area (Å²) in [5, 5.41) is 23.8. The summed E-state index contributed by atoms with van der Waals surface area (Å²) in [5.74, 6) is -0.318. The first kappa shape index (κ1) is 20.8. The van der Waals surface area contributed by atoms with Crippen molar-refractivity contribution in [1.29, 1.82) is 0 Å². The first-order chi connectivity index (χ1) is 12.8. The highest BCUT2D eigenvalue weighted by Crippen LogP contribution is 2.23. The molecule has 7 nitrogen and oxygen atoms in total. The van der Waals surface area contributed by atoms with Crippen LogP contribution >= 0.6 is 11.8 Å². The van der Waals surface area contributed by atoms with E-state index in [0.717, 1.165) is 5.75 Å². The first-order valence-electron chi connectivity index (χ1n) is 8.66. The Morgan fingerprint density at radius 3 is 2.78 bits per heavy atom. The number of amides is 1. The van der Waals surface area contributed by atoms with Crippen LogP contribution in [0.3, 0.4) is 0 Å². The number of benzene rings is 1. The lowest BCUT2D eigenvalue weighted by Crippen LogP contribution is -2.48. The Kier molecular flexibility index (Phi) is 7.29. The fourth-order valence-electron chi connectivity index (χ4n) is 2.77. The number of carboxylic acid groups (broad SMARTS) is 1. The number of aryl methyl sites for hydroxylation is 1. The van der Waals surface area contributed by atoms with Gasteiger partial charge in [-0.25, -0.2) is 4.79 Å². The van der Waals surface area contributed by atoms with Gasteiger partial charge in [0.2, 0.25) is 5.91 Å². The normalized spacial score (nSPS) is 12.1. The summed E-state index contributed by atoms with van der Waals surface area (Å²) in [6.45, 7) is 3.71. The molecule has 0 aliphatic carbocycles. The van der Waals surface area contributed by atoms with Crippen molar-refractivity contribution in [3.05, 3.63) is 39.7 Å². The number of aliphatic carboxylic acids is 1. The monoisotopic (exact) mass is 392 g/mol. The molecule has 27 heavy (non-hydrogen) atoms. The van der Waals surface area contributed by atoms with Crippen molar-refractivity contribution in [3.63, 3.8) is 0 Å². The average Bonchev–Trinajstić information content (AvgIpc) is 2.60. The van der Waals surface area contributed by atoms with E-state index in [1.165, 1.54) is 12.1 Å². The maximum atomic E-state index is 12.2. The van der Waals surface area contributed by atoms with E-state index in [9.17, 15) is 24.6 Å². The van der Waals surface area contributed by atoms with Crippen LogP contribution in [0.15, 0.2) is 27.4 Å². The molecule has 0 fully saturated rings. The molecular weight excluding hydrogens is 370 g/mol. The summed E-state index contributed by atoms with van der Waals surface area (Å²) in [6, 6.07) is 3.45. The number of carboxylic acids is 1. The summed E-state index contributed by atoms with van der Waals surface area (Å²) in [5.41, 5.74) is 0.727. The molecule has 1 aromatic heterocycles. The molecule has 1 heterocycles. The Morgan fingerprint density at radius 1 is 1.37 bits per heavy atom. The van der Waals surface area contributed by atoms with E-state index in [2.05, 4.69) is 5.32 Å². The molecular formula is C19H22NO6S-. The van der Waals surface area contributed by atoms with Gasteiger partial charge in [0.1, 0.15) is 11.3 Å². The Bertz CT molecular complexity index is 892. The maximum Gasteiger partial charge on any atom is 0.339 e. The third-order valence-electron chi connectivity index (χ3n) is 4.25. The summed E-state index contributed by atoms with van der Waals surface area (Å²) in [4.78, 5) is 35.5. The molecule has 8 heteroatoms. The highest BCUT2D eigenvalue weighted by Gasteiger charge is 2.16. The number of fused-ring (bicyclic) bond motifs is 1. The lowest BCUT2D eigenvalue weighted by Gasteiger charge is -2.19. The third kappa shape index (κ3) is 5.50. The Hall–Kier alpha value is -2.48. The molecule has 2 rings (SSSR count). The number of aromatic hydroxyl groups is 1. The molecule has 0 bridgehead atoms. The number of hydrogen-bond donors (Lipinski definition) is 2. The van der Waals surface area contributed by atoms with Crippen LogP contribution in [-0.2, 0) is 16.0 Å². The largest absolute Gasteiger partial charge is 0.548 e. The van der Waals surface area contributed by atoms with Crippen molar-refractivity contribution < 1.29 is 24.2 Å². The second-order valence-corrected chi connectivity index (χ2v) is 7.49. The van der Waals surface area contributed by atoms with Crippen molar-refractivity contribution >= 4 is 34.6 Å². The minimum atomic E-state index is -1.32. The molecule has 1 aromatic carbocycles. The lowest BCUT2D eigenvalue weighted by atomic mass is 10.0. The number of carbonyl (C=O) groups excluding carboxylic acids is 2. The molecule has 2 N–H and O–H groups in total. The molecule has 0 saturated heterocycles. The van der Waals surface area contributed by atoms with Crippen molar-refractivity contribution in [2.75, 3.05) is 11.5 Å². The van der Waals surface area contributed by atoms with Gasteiger partial charge in [-0.15, -0.1) is 0 Å². The van der Waals surface area contributed by atoms with E-state index in [1.807, 2.05) is 6.92 Å². The van der Waals surface area contributed by atoms with Crippen LogP contribution in [0.1, 0.15) is 30.9 Å². The molecule has 0 spiro atoms. The van der Waals surface area contributed by atoms with Crippen molar-refractivity contribution in [2.45, 2.75) is 39.2 Å². The lowest BCUT2D eigenvalue weighted by molar-refractivity contribution is -0.308. The highest BCUT2D eigenvalue weighted by atomic mass is 32.2. The molecule has 0 unspecified atom stereocenters. The number of phenolic OH excluding ortho intramolecular Hbond substituents is 1. The summed E-state index contributed by atoms with van der Waals surface area (Å²) >= 11 is 1.58. The second-order valence-electron chi connectivity index (χ2n) is 6.10. The van der Waals surface area contributed by atoms with Gasteiger partial charge >= 0.3 is 5.63 Å². The van der Waals surface area contributed by atoms with Gasteiger partial charge in [0.05, 0.1) is 12.0 Å². The minimum Gasteiger partial charge on any atom is -0.548 e. The second kappa shape index (κ2) is 9.45. The molecule has 1 amide bonds. The van der Waals surface area contributed by atoms with Crippen LogP contribution in [-0.4, -0.2) is 34.5 Å². The zero-order chi connectivity index (χ0) is 20.0. The zero-order valence-corrected chi connectivity index (χ0v) is 16.1. The first-order valence-corrected chi connectivity index (χ1v) is 9.82. The number of rotatable bonds is 9. The smallest absolute Gasteiger partial charge is 0.339 e. The van der Waals surface area contributed by atoms with Crippen LogP contribution < -0.4 is 16.0 Å². The van der Waals surface area contributed by atoms with E-state index < -0.39 is 23.5 Å². The maximum absolute atomic E-state index is 12.2. The Morgan fingerprint density at radius 2 is 2.11 bits per heavy atom. The van der Waals surface area contributed by atoms with Crippen LogP contribution in [0.25, 0.3) is 11.0 Å².